The number of aromatic carboxylic acids is 1. The lowest BCUT2D eigenvalue weighted by atomic mass is 9.78. The monoisotopic (exact) mass is 276 g/mol. The zero-order chi connectivity index (χ0) is 14.7. The lowest BCUT2D eigenvalue weighted by molar-refractivity contribution is 0.0698. The number of benzene rings is 1. The van der Waals surface area contributed by atoms with Crippen LogP contribution in [0.3, 0.4) is 0 Å². The van der Waals surface area contributed by atoms with Gasteiger partial charge < -0.3 is 16.2 Å². The van der Waals surface area contributed by atoms with Gasteiger partial charge in [0.15, 0.2) is 0 Å². The lowest BCUT2D eigenvalue weighted by Crippen LogP contribution is -2.35. The average molecular weight is 276 g/mol. The molecule has 1 aromatic rings. The van der Waals surface area contributed by atoms with Gasteiger partial charge in [0.25, 0.3) is 0 Å². The molecule has 0 saturated heterocycles. The van der Waals surface area contributed by atoms with Crippen molar-refractivity contribution in [2.45, 2.75) is 45.6 Å². The van der Waals surface area contributed by atoms with Crippen LogP contribution in [0.2, 0.25) is 0 Å². The van der Waals surface area contributed by atoms with E-state index < -0.39 is 5.97 Å². The number of hydrogen-bond donors (Lipinski definition) is 3. The summed E-state index contributed by atoms with van der Waals surface area (Å²) in [5.41, 5.74) is 7.21. The van der Waals surface area contributed by atoms with Crippen LogP contribution >= 0.6 is 0 Å². The Labute approximate surface area is 120 Å². The molecule has 4 heteroatoms. The molecule has 4 N–H and O–H groups in total. The van der Waals surface area contributed by atoms with Crippen LogP contribution in [-0.2, 0) is 0 Å². The van der Waals surface area contributed by atoms with Gasteiger partial charge in [-0.2, -0.15) is 0 Å². The highest BCUT2D eigenvalue weighted by molar-refractivity contribution is 5.94. The quantitative estimate of drug-likeness (QED) is 0.734. The molecular formula is C16H24N2O2. The van der Waals surface area contributed by atoms with Crippen LogP contribution in [0.5, 0.6) is 0 Å². The van der Waals surface area contributed by atoms with E-state index in [1.165, 1.54) is 25.7 Å². The number of nitrogens with two attached hydrogens (primary N) is 1. The summed E-state index contributed by atoms with van der Waals surface area (Å²) >= 11 is 0. The van der Waals surface area contributed by atoms with Gasteiger partial charge in [-0.1, -0.05) is 26.7 Å². The topological polar surface area (TPSA) is 75.3 Å². The van der Waals surface area contributed by atoms with Crippen LogP contribution in [0.15, 0.2) is 18.2 Å². The number of hydrogen-bond acceptors (Lipinski definition) is 3. The molecule has 1 fully saturated rings. The smallest absolute Gasteiger partial charge is 0.337 e. The Morgan fingerprint density at radius 1 is 1.35 bits per heavy atom. The first kappa shape index (κ1) is 14.7. The molecule has 1 aliphatic rings. The van der Waals surface area contributed by atoms with E-state index in [4.69, 9.17) is 10.8 Å². The molecule has 20 heavy (non-hydrogen) atoms. The Morgan fingerprint density at radius 2 is 2.05 bits per heavy atom. The molecule has 1 saturated carbocycles. The van der Waals surface area contributed by atoms with E-state index in [9.17, 15) is 4.79 Å². The normalized spacial score (nSPS) is 22.8. The Balaban J connectivity index is 2.12. The molecule has 110 valence electrons. The van der Waals surface area contributed by atoms with Crippen LogP contribution in [0.1, 0.15) is 49.9 Å². The van der Waals surface area contributed by atoms with Crippen molar-refractivity contribution >= 4 is 17.3 Å². The first-order valence-electron chi connectivity index (χ1n) is 7.38. The number of rotatable bonds is 4. The maximum atomic E-state index is 11.0. The van der Waals surface area contributed by atoms with E-state index in [2.05, 4.69) is 19.2 Å². The highest BCUT2D eigenvalue weighted by Crippen LogP contribution is 2.32. The molecule has 0 amide bonds. The fourth-order valence-electron chi connectivity index (χ4n) is 3.20. The fourth-order valence-corrected chi connectivity index (χ4v) is 3.20. The minimum Gasteiger partial charge on any atom is -0.478 e. The van der Waals surface area contributed by atoms with Gasteiger partial charge in [-0.3, -0.25) is 0 Å². The van der Waals surface area contributed by atoms with Gasteiger partial charge in [-0.05, 0) is 42.9 Å². The molecule has 0 aromatic heterocycles. The molecule has 4 nitrogen and oxygen atoms in total. The maximum Gasteiger partial charge on any atom is 0.337 e. The highest BCUT2D eigenvalue weighted by Gasteiger charge is 2.27. The van der Waals surface area contributed by atoms with Gasteiger partial charge in [0.2, 0.25) is 0 Å². The Hall–Kier alpha value is -1.71. The molecule has 2 unspecified atom stereocenters. The fraction of sp³-hybridized carbons (Fsp3) is 0.562. The van der Waals surface area contributed by atoms with E-state index in [0.717, 1.165) is 5.69 Å². The van der Waals surface area contributed by atoms with Crippen molar-refractivity contribution in [2.75, 3.05) is 11.1 Å². The van der Waals surface area contributed by atoms with Crippen molar-refractivity contribution in [3.05, 3.63) is 23.8 Å². The summed E-state index contributed by atoms with van der Waals surface area (Å²) in [6.45, 7) is 4.54. The molecule has 1 aromatic carbocycles. The van der Waals surface area contributed by atoms with Crippen LogP contribution in [0.4, 0.5) is 11.4 Å². The molecule has 0 heterocycles. The number of carboxylic acid groups (broad SMARTS) is 1. The third-order valence-corrected chi connectivity index (χ3v) is 4.31. The molecule has 0 aliphatic heterocycles. The van der Waals surface area contributed by atoms with E-state index in [0.29, 0.717) is 23.6 Å². The molecule has 2 rings (SSSR count). The summed E-state index contributed by atoms with van der Waals surface area (Å²) in [5, 5.41) is 12.5. The molecule has 0 spiro atoms. The van der Waals surface area contributed by atoms with Crippen LogP contribution < -0.4 is 11.1 Å². The number of nitrogen functional groups attached to an aromatic ring is 1. The van der Waals surface area contributed by atoms with E-state index in [-0.39, 0.29) is 5.56 Å². The van der Waals surface area contributed by atoms with Crippen molar-refractivity contribution < 1.29 is 9.90 Å². The van der Waals surface area contributed by atoms with Crippen molar-refractivity contribution in [3.8, 4) is 0 Å². The van der Waals surface area contributed by atoms with Gasteiger partial charge in [-0.25, -0.2) is 4.79 Å². The summed E-state index contributed by atoms with van der Waals surface area (Å²) in [5.74, 6) is 0.347. The summed E-state index contributed by atoms with van der Waals surface area (Å²) in [4.78, 5) is 11.0. The first-order valence-corrected chi connectivity index (χ1v) is 7.38. The van der Waals surface area contributed by atoms with Gasteiger partial charge in [-0.15, -0.1) is 0 Å². The lowest BCUT2D eigenvalue weighted by Gasteiger charge is -2.35. The van der Waals surface area contributed by atoms with Gasteiger partial charge in [0.1, 0.15) is 0 Å². The van der Waals surface area contributed by atoms with Crippen molar-refractivity contribution in [2.24, 2.45) is 11.8 Å². The standard InChI is InChI=1S/C16H24N2O2/c1-10(2)12-5-3-4-6-15(12)18-11-7-8-13(16(19)20)14(17)9-11/h7-10,12,15,18H,3-6,17H2,1-2H3,(H,19,20). The van der Waals surface area contributed by atoms with E-state index in [1.54, 1.807) is 12.1 Å². The second kappa shape index (κ2) is 6.16. The number of anilines is 2. The highest BCUT2D eigenvalue weighted by atomic mass is 16.4. The predicted octanol–water partition coefficient (Wildman–Crippen LogP) is 3.59. The van der Waals surface area contributed by atoms with Gasteiger partial charge in [0, 0.05) is 17.4 Å². The summed E-state index contributed by atoms with van der Waals surface area (Å²) < 4.78 is 0. The molecule has 0 bridgehead atoms. The number of carboxylic acids is 1. The summed E-state index contributed by atoms with van der Waals surface area (Å²) in [7, 11) is 0. The maximum absolute atomic E-state index is 11.0. The Morgan fingerprint density at radius 3 is 2.65 bits per heavy atom. The zero-order valence-corrected chi connectivity index (χ0v) is 12.2. The van der Waals surface area contributed by atoms with Crippen molar-refractivity contribution in [1.82, 2.24) is 0 Å². The second-order valence-electron chi connectivity index (χ2n) is 6.05. The summed E-state index contributed by atoms with van der Waals surface area (Å²) in [6.07, 6.45) is 4.99. The Bertz CT molecular complexity index is 485. The average Bonchev–Trinajstić information content (AvgIpc) is 2.38. The summed E-state index contributed by atoms with van der Waals surface area (Å²) in [6, 6.07) is 5.58. The molecule has 2 atom stereocenters. The minimum absolute atomic E-state index is 0.166. The zero-order valence-electron chi connectivity index (χ0n) is 12.2. The van der Waals surface area contributed by atoms with Crippen molar-refractivity contribution in [3.63, 3.8) is 0 Å². The van der Waals surface area contributed by atoms with Gasteiger partial charge in [0.05, 0.1) is 5.56 Å². The molecular weight excluding hydrogens is 252 g/mol. The Kier molecular flexibility index (Phi) is 4.53. The van der Waals surface area contributed by atoms with E-state index in [1.807, 2.05) is 6.07 Å². The van der Waals surface area contributed by atoms with Crippen LogP contribution in [-0.4, -0.2) is 17.1 Å². The minimum atomic E-state index is -0.980. The third kappa shape index (κ3) is 3.24. The van der Waals surface area contributed by atoms with Crippen molar-refractivity contribution in [1.29, 1.82) is 0 Å². The number of nitrogens with one attached hydrogen (secondary N) is 1. The van der Waals surface area contributed by atoms with Crippen LogP contribution in [0, 0.1) is 11.8 Å². The largest absolute Gasteiger partial charge is 0.478 e. The third-order valence-electron chi connectivity index (χ3n) is 4.31. The predicted molar refractivity (Wildman–Crippen MR) is 82.0 cm³/mol. The second-order valence-corrected chi connectivity index (χ2v) is 6.05. The molecule has 0 radical (unpaired) electrons. The first-order chi connectivity index (χ1) is 9.49. The van der Waals surface area contributed by atoms with E-state index >= 15 is 0 Å². The number of carbonyl (C=O) groups is 1. The van der Waals surface area contributed by atoms with Gasteiger partial charge >= 0.3 is 5.97 Å². The molecule has 1 aliphatic carbocycles. The SMILES string of the molecule is CC(C)C1CCCCC1Nc1ccc(C(=O)O)c(N)c1. The van der Waals surface area contributed by atoms with Crippen LogP contribution in [0.25, 0.3) is 0 Å².